The number of likely N-dealkylation sites (N-methyl/N-ethyl adjacent to an activating group) is 1. The molecule has 2 aliphatic heterocycles. The zero-order chi connectivity index (χ0) is 16.8. The van der Waals surface area contributed by atoms with Crippen LogP contribution >= 0.6 is 0 Å². The van der Waals surface area contributed by atoms with Gasteiger partial charge in [-0.15, -0.1) is 0 Å². The average Bonchev–Trinajstić information content (AvgIpc) is 2.65. The Bertz CT molecular complexity index is 623. The van der Waals surface area contributed by atoms with Crippen LogP contribution < -0.4 is 4.74 Å². The van der Waals surface area contributed by atoms with Gasteiger partial charge in [-0.2, -0.15) is 0 Å². The summed E-state index contributed by atoms with van der Waals surface area (Å²) in [5.41, 5.74) is 4.25. The molecule has 124 valence electrons. The fourth-order valence-corrected chi connectivity index (χ4v) is 3.47. The number of hydrogen-bond acceptors (Lipinski definition) is 2. The Labute approximate surface area is 141 Å². The first kappa shape index (κ1) is 17.6. The van der Waals surface area contributed by atoms with E-state index >= 15 is 0 Å². The molecule has 0 saturated heterocycles. The second kappa shape index (κ2) is 8.16. The minimum Gasteiger partial charge on any atom is -0.492 e. The van der Waals surface area contributed by atoms with Gasteiger partial charge < -0.3 is 4.74 Å². The summed E-state index contributed by atoms with van der Waals surface area (Å²) in [7, 11) is 2.20. The van der Waals surface area contributed by atoms with Gasteiger partial charge in [0.1, 0.15) is 12.4 Å². The third-order valence-electron chi connectivity index (χ3n) is 4.42. The van der Waals surface area contributed by atoms with E-state index in [0.717, 1.165) is 18.9 Å². The van der Waals surface area contributed by atoms with Crippen LogP contribution in [0.25, 0.3) is 0 Å². The second-order valence-corrected chi connectivity index (χ2v) is 5.51. The van der Waals surface area contributed by atoms with Gasteiger partial charge in [-0.25, -0.2) is 0 Å². The van der Waals surface area contributed by atoms with E-state index in [9.17, 15) is 0 Å². The maximum atomic E-state index is 5.94. The van der Waals surface area contributed by atoms with Crippen molar-refractivity contribution in [3.63, 3.8) is 0 Å². The molecule has 0 aliphatic carbocycles. The molecule has 0 spiro atoms. The Hall–Kier alpha value is -1.80. The summed E-state index contributed by atoms with van der Waals surface area (Å²) in [6.45, 7) is 9.80. The SMILES string of the molecule is CC.CC.CN1Cc2ccccc2[C@H]2c3ccccc3OC[C@H]21. The zero-order valence-corrected chi connectivity index (χ0v) is 15.0. The summed E-state index contributed by atoms with van der Waals surface area (Å²) in [5, 5.41) is 0. The quantitative estimate of drug-likeness (QED) is 0.673. The van der Waals surface area contributed by atoms with E-state index in [-0.39, 0.29) is 0 Å². The Morgan fingerprint density at radius 3 is 2.22 bits per heavy atom. The van der Waals surface area contributed by atoms with Crippen molar-refractivity contribution >= 4 is 0 Å². The molecule has 23 heavy (non-hydrogen) atoms. The smallest absolute Gasteiger partial charge is 0.123 e. The number of hydrogen-bond donors (Lipinski definition) is 0. The summed E-state index contributed by atoms with van der Waals surface area (Å²) in [4.78, 5) is 2.42. The Balaban J connectivity index is 0.000000448. The highest BCUT2D eigenvalue weighted by atomic mass is 16.5. The van der Waals surface area contributed by atoms with Crippen molar-refractivity contribution in [2.75, 3.05) is 13.7 Å². The third kappa shape index (κ3) is 3.28. The first-order valence-corrected chi connectivity index (χ1v) is 8.84. The molecule has 0 saturated carbocycles. The van der Waals surface area contributed by atoms with Crippen molar-refractivity contribution in [3.8, 4) is 5.75 Å². The first-order valence-electron chi connectivity index (χ1n) is 8.84. The van der Waals surface area contributed by atoms with Gasteiger partial charge in [0.25, 0.3) is 0 Å². The van der Waals surface area contributed by atoms with Crippen LogP contribution in [0.2, 0.25) is 0 Å². The fraction of sp³-hybridized carbons (Fsp3) is 0.429. The first-order chi connectivity index (χ1) is 11.3. The lowest BCUT2D eigenvalue weighted by molar-refractivity contribution is 0.112. The van der Waals surface area contributed by atoms with Crippen LogP contribution in [0, 0.1) is 0 Å². The number of para-hydroxylation sites is 1. The fourth-order valence-electron chi connectivity index (χ4n) is 3.47. The third-order valence-corrected chi connectivity index (χ3v) is 4.42. The van der Waals surface area contributed by atoms with Gasteiger partial charge in [-0.3, -0.25) is 4.90 Å². The molecule has 0 radical (unpaired) electrons. The highest BCUT2D eigenvalue weighted by Gasteiger charge is 2.38. The van der Waals surface area contributed by atoms with Crippen LogP contribution in [-0.4, -0.2) is 24.6 Å². The van der Waals surface area contributed by atoms with Crippen molar-refractivity contribution in [2.24, 2.45) is 0 Å². The number of ether oxygens (including phenoxy) is 1. The van der Waals surface area contributed by atoms with Gasteiger partial charge in [-0.1, -0.05) is 70.2 Å². The topological polar surface area (TPSA) is 12.5 Å². The van der Waals surface area contributed by atoms with E-state index in [1.807, 2.05) is 27.7 Å². The van der Waals surface area contributed by atoms with E-state index in [2.05, 4.69) is 60.5 Å². The van der Waals surface area contributed by atoms with Gasteiger partial charge in [0.2, 0.25) is 0 Å². The predicted octanol–water partition coefficient (Wildman–Crippen LogP) is 5.08. The van der Waals surface area contributed by atoms with Gasteiger partial charge in [0.05, 0.1) is 6.04 Å². The van der Waals surface area contributed by atoms with Crippen LogP contribution in [0.3, 0.4) is 0 Å². The molecular formula is C21H29NO. The number of benzene rings is 2. The summed E-state index contributed by atoms with van der Waals surface area (Å²) >= 11 is 0. The molecular weight excluding hydrogens is 282 g/mol. The van der Waals surface area contributed by atoms with Crippen LogP contribution in [0.4, 0.5) is 0 Å². The van der Waals surface area contributed by atoms with Crippen LogP contribution in [-0.2, 0) is 6.54 Å². The van der Waals surface area contributed by atoms with E-state index in [1.54, 1.807) is 0 Å². The van der Waals surface area contributed by atoms with E-state index in [4.69, 9.17) is 4.74 Å². The molecule has 2 heterocycles. The molecule has 0 fully saturated rings. The molecule has 0 aromatic heterocycles. The summed E-state index contributed by atoms with van der Waals surface area (Å²) < 4.78 is 5.94. The molecule has 0 unspecified atom stereocenters. The van der Waals surface area contributed by atoms with Crippen molar-refractivity contribution in [1.82, 2.24) is 4.90 Å². The molecule has 2 heteroatoms. The van der Waals surface area contributed by atoms with Gasteiger partial charge >= 0.3 is 0 Å². The molecule has 2 aliphatic rings. The van der Waals surface area contributed by atoms with Crippen molar-refractivity contribution in [1.29, 1.82) is 0 Å². The van der Waals surface area contributed by atoms with Crippen molar-refractivity contribution < 1.29 is 4.74 Å². The van der Waals surface area contributed by atoms with E-state index in [1.165, 1.54) is 16.7 Å². The van der Waals surface area contributed by atoms with Crippen molar-refractivity contribution in [2.45, 2.75) is 46.2 Å². The molecule has 2 nitrogen and oxygen atoms in total. The molecule has 0 amide bonds. The molecule has 0 bridgehead atoms. The maximum Gasteiger partial charge on any atom is 0.123 e. The highest BCUT2D eigenvalue weighted by molar-refractivity contribution is 5.48. The number of fused-ring (bicyclic) bond motifs is 5. The lowest BCUT2D eigenvalue weighted by Crippen LogP contribution is -2.47. The molecule has 0 N–H and O–H groups in total. The summed E-state index contributed by atoms with van der Waals surface area (Å²) in [6.07, 6.45) is 0. The zero-order valence-electron chi connectivity index (χ0n) is 15.0. The minimum atomic E-state index is 0.444. The largest absolute Gasteiger partial charge is 0.492 e. The van der Waals surface area contributed by atoms with Crippen LogP contribution in [0.15, 0.2) is 48.5 Å². The van der Waals surface area contributed by atoms with Crippen LogP contribution in [0.5, 0.6) is 5.75 Å². The average molecular weight is 311 g/mol. The molecule has 2 atom stereocenters. The summed E-state index contributed by atoms with van der Waals surface area (Å²) in [5.74, 6) is 1.49. The Kier molecular flexibility index (Phi) is 6.23. The van der Waals surface area contributed by atoms with E-state index in [0.29, 0.717) is 12.0 Å². The monoisotopic (exact) mass is 311 g/mol. The number of nitrogens with zero attached hydrogens (tertiary/aromatic N) is 1. The maximum absolute atomic E-state index is 5.94. The Morgan fingerprint density at radius 1 is 0.870 bits per heavy atom. The van der Waals surface area contributed by atoms with Gasteiger partial charge in [0, 0.05) is 18.0 Å². The minimum absolute atomic E-state index is 0.444. The summed E-state index contributed by atoms with van der Waals surface area (Å²) in [6, 6.07) is 17.7. The standard InChI is InChI=1S/C17H17NO.2C2H6/c1-18-10-12-6-2-3-7-13(12)17-14-8-4-5-9-16(14)19-11-15(17)18;2*1-2/h2-9,15,17H,10-11H2,1H3;2*1-2H3/t15-,17+;;/m1../s1. The normalized spacial score (nSPS) is 21.1. The molecule has 4 rings (SSSR count). The van der Waals surface area contributed by atoms with Crippen molar-refractivity contribution in [3.05, 3.63) is 65.2 Å². The van der Waals surface area contributed by atoms with Crippen LogP contribution in [0.1, 0.15) is 50.3 Å². The predicted molar refractivity (Wildman–Crippen MR) is 98.2 cm³/mol. The Morgan fingerprint density at radius 2 is 1.48 bits per heavy atom. The van der Waals surface area contributed by atoms with Gasteiger partial charge in [-0.05, 0) is 24.2 Å². The van der Waals surface area contributed by atoms with Gasteiger partial charge in [0.15, 0.2) is 0 Å². The second-order valence-electron chi connectivity index (χ2n) is 5.51. The molecule has 2 aromatic rings. The highest BCUT2D eigenvalue weighted by Crippen LogP contribution is 2.43. The van der Waals surface area contributed by atoms with E-state index < -0.39 is 0 Å². The lowest BCUT2D eigenvalue weighted by Gasteiger charge is -2.43. The number of rotatable bonds is 0. The molecule has 2 aromatic carbocycles. The lowest BCUT2D eigenvalue weighted by atomic mass is 9.78.